The van der Waals surface area contributed by atoms with Gasteiger partial charge in [0.25, 0.3) is 0 Å². The fourth-order valence-electron chi connectivity index (χ4n) is 3.21. The third-order valence-corrected chi connectivity index (χ3v) is 5.11. The quantitative estimate of drug-likeness (QED) is 0.580. The highest BCUT2D eigenvalue weighted by molar-refractivity contribution is 6.33. The molecule has 0 saturated carbocycles. The van der Waals surface area contributed by atoms with Crippen LogP contribution in [0.5, 0.6) is 5.75 Å². The third kappa shape index (κ3) is 2.90. The summed E-state index contributed by atoms with van der Waals surface area (Å²) >= 11 is 12.3. The summed E-state index contributed by atoms with van der Waals surface area (Å²) in [6, 6.07) is 7.75. The lowest BCUT2D eigenvalue weighted by atomic mass is 10.1. The molecule has 0 atom stereocenters. The Balaban J connectivity index is 1.72. The van der Waals surface area contributed by atoms with Gasteiger partial charge in [-0.15, -0.1) is 0 Å². The van der Waals surface area contributed by atoms with Gasteiger partial charge in [-0.25, -0.2) is 9.18 Å². The van der Waals surface area contributed by atoms with Crippen molar-refractivity contribution < 1.29 is 13.5 Å². The summed E-state index contributed by atoms with van der Waals surface area (Å²) in [6.07, 6.45) is 2.49. The molecule has 1 aliphatic rings. The maximum absolute atomic E-state index is 13.9. The van der Waals surface area contributed by atoms with Gasteiger partial charge >= 0.3 is 5.63 Å². The Hall–Kier alpha value is -2.04. The average molecular weight is 379 g/mol. The largest absolute Gasteiger partial charge is 0.487 e. The van der Waals surface area contributed by atoms with Gasteiger partial charge < -0.3 is 9.15 Å². The van der Waals surface area contributed by atoms with Crippen molar-refractivity contribution in [3.8, 4) is 5.75 Å². The summed E-state index contributed by atoms with van der Waals surface area (Å²) in [5.74, 6) is -0.136. The predicted octanol–water partition coefficient (Wildman–Crippen LogP) is 5.31. The Bertz CT molecular complexity index is 1020. The zero-order chi connectivity index (χ0) is 17.6. The molecular formula is C19H13Cl2FO3. The number of hydrogen-bond acceptors (Lipinski definition) is 3. The summed E-state index contributed by atoms with van der Waals surface area (Å²) in [6.45, 7) is -0.0775. The van der Waals surface area contributed by atoms with Crippen molar-refractivity contribution in [2.75, 3.05) is 0 Å². The molecule has 0 spiro atoms. The van der Waals surface area contributed by atoms with E-state index in [1.54, 1.807) is 18.2 Å². The van der Waals surface area contributed by atoms with E-state index in [4.69, 9.17) is 32.4 Å². The second kappa shape index (κ2) is 6.36. The van der Waals surface area contributed by atoms with E-state index in [0.717, 1.165) is 35.8 Å². The molecule has 4 rings (SSSR count). The van der Waals surface area contributed by atoms with Crippen LogP contribution in [0.25, 0.3) is 11.0 Å². The van der Waals surface area contributed by atoms with Crippen molar-refractivity contribution in [2.45, 2.75) is 25.9 Å². The van der Waals surface area contributed by atoms with E-state index in [1.807, 2.05) is 0 Å². The van der Waals surface area contributed by atoms with Gasteiger partial charge in [-0.3, -0.25) is 0 Å². The van der Waals surface area contributed by atoms with Crippen LogP contribution < -0.4 is 10.4 Å². The van der Waals surface area contributed by atoms with Gasteiger partial charge in [-0.1, -0.05) is 29.3 Å². The van der Waals surface area contributed by atoms with Gasteiger partial charge in [0.2, 0.25) is 0 Å². The summed E-state index contributed by atoms with van der Waals surface area (Å²) in [5, 5.41) is 1.48. The average Bonchev–Trinajstić information content (AvgIpc) is 3.06. The highest BCUT2D eigenvalue weighted by Gasteiger charge is 2.21. The normalized spacial score (nSPS) is 13.2. The molecule has 128 valence electrons. The van der Waals surface area contributed by atoms with Gasteiger partial charge in [0.05, 0.1) is 10.0 Å². The van der Waals surface area contributed by atoms with Crippen LogP contribution in [0.2, 0.25) is 10.0 Å². The number of rotatable bonds is 3. The van der Waals surface area contributed by atoms with Gasteiger partial charge in [0.1, 0.15) is 23.8 Å². The van der Waals surface area contributed by atoms with Crippen molar-refractivity contribution in [1.82, 2.24) is 0 Å². The molecule has 1 aliphatic carbocycles. The minimum atomic E-state index is -0.450. The molecule has 0 aliphatic heterocycles. The molecular weight excluding hydrogens is 366 g/mol. The lowest BCUT2D eigenvalue weighted by molar-refractivity contribution is 0.300. The molecule has 0 saturated heterocycles. The standard InChI is InChI=1S/C19H13Cl2FO3/c20-14-5-2-6-16(22)13(14)9-24-18-8-17-12(7-15(18)21)10-3-1-4-11(10)19(23)25-17/h2,5-8H,1,3-4,9H2. The second-order valence-electron chi connectivity index (χ2n) is 5.97. The fraction of sp³-hybridized carbons (Fsp3) is 0.211. The highest BCUT2D eigenvalue weighted by Crippen LogP contribution is 2.35. The van der Waals surface area contributed by atoms with E-state index in [9.17, 15) is 9.18 Å². The zero-order valence-corrected chi connectivity index (χ0v) is 14.6. The molecule has 25 heavy (non-hydrogen) atoms. The molecule has 3 aromatic rings. The molecule has 0 bridgehead atoms. The number of benzene rings is 2. The van der Waals surface area contributed by atoms with Crippen LogP contribution in [0.1, 0.15) is 23.1 Å². The third-order valence-electron chi connectivity index (χ3n) is 4.46. The molecule has 1 heterocycles. The molecule has 0 unspecified atom stereocenters. The number of ether oxygens (including phenoxy) is 1. The molecule has 2 aromatic carbocycles. The van der Waals surface area contributed by atoms with Crippen molar-refractivity contribution in [3.63, 3.8) is 0 Å². The Morgan fingerprint density at radius 3 is 2.72 bits per heavy atom. The van der Waals surface area contributed by atoms with Crippen LogP contribution in [-0.2, 0) is 19.4 Å². The Morgan fingerprint density at radius 2 is 1.92 bits per heavy atom. The maximum Gasteiger partial charge on any atom is 0.339 e. The van der Waals surface area contributed by atoms with Crippen LogP contribution in [0.15, 0.2) is 39.5 Å². The Kier molecular flexibility index (Phi) is 4.18. The van der Waals surface area contributed by atoms with E-state index in [-0.39, 0.29) is 22.8 Å². The van der Waals surface area contributed by atoms with Gasteiger partial charge in [0.15, 0.2) is 0 Å². The monoisotopic (exact) mass is 378 g/mol. The minimum Gasteiger partial charge on any atom is -0.487 e. The molecule has 6 heteroatoms. The van der Waals surface area contributed by atoms with E-state index in [1.165, 1.54) is 12.1 Å². The first-order chi connectivity index (χ1) is 12.0. The highest BCUT2D eigenvalue weighted by atomic mass is 35.5. The summed E-state index contributed by atoms with van der Waals surface area (Å²) < 4.78 is 24.9. The Labute approximate surface area is 152 Å². The topological polar surface area (TPSA) is 39.4 Å². The van der Waals surface area contributed by atoms with Gasteiger partial charge in [-0.2, -0.15) is 0 Å². The second-order valence-corrected chi connectivity index (χ2v) is 6.78. The SMILES string of the molecule is O=c1oc2cc(OCc3c(F)cccc3Cl)c(Cl)cc2c2c1CCC2. The molecule has 0 N–H and O–H groups in total. The molecule has 0 radical (unpaired) electrons. The number of fused-ring (bicyclic) bond motifs is 3. The lowest BCUT2D eigenvalue weighted by Crippen LogP contribution is -2.07. The molecule has 1 aromatic heterocycles. The van der Waals surface area contributed by atoms with Gasteiger partial charge in [0, 0.05) is 22.6 Å². The molecule has 0 amide bonds. The number of aryl methyl sites for hydroxylation is 1. The first kappa shape index (κ1) is 16.4. The van der Waals surface area contributed by atoms with Crippen LogP contribution in [0.3, 0.4) is 0 Å². The lowest BCUT2D eigenvalue weighted by Gasteiger charge is -2.12. The minimum absolute atomic E-state index is 0.0775. The van der Waals surface area contributed by atoms with E-state index >= 15 is 0 Å². The number of halogens is 3. The van der Waals surface area contributed by atoms with Crippen molar-refractivity contribution in [2.24, 2.45) is 0 Å². The summed E-state index contributed by atoms with van der Waals surface area (Å²) in [7, 11) is 0. The summed E-state index contributed by atoms with van der Waals surface area (Å²) in [5.41, 5.74) is 2.08. The first-order valence-corrected chi connectivity index (χ1v) is 8.64. The van der Waals surface area contributed by atoms with E-state index < -0.39 is 5.82 Å². The molecule has 0 fully saturated rings. The smallest absolute Gasteiger partial charge is 0.339 e. The van der Waals surface area contributed by atoms with Gasteiger partial charge in [-0.05, 0) is 43.0 Å². The predicted molar refractivity (Wildman–Crippen MR) is 95.3 cm³/mol. The number of hydrogen-bond donors (Lipinski definition) is 0. The van der Waals surface area contributed by atoms with Crippen molar-refractivity contribution in [3.05, 3.63) is 73.3 Å². The van der Waals surface area contributed by atoms with Crippen molar-refractivity contribution in [1.29, 1.82) is 0 Å². The fourth-order valence-corrected chi connectivity index (χ4v) is 3.65. The maximum atomic E-state index is 13.9. The first-order valence-electron chi connectivity index (χ1n) is 7.88. The van der Waals surface area contributed by atoms with Crippen LogP contribution >= 0.6 is 23.2 Å². The Morgan fingerprint density at radius 1 is 1.12 bits per heavy atom. The summed E-state index contributed by atoms with van der Waals surface area (Å²) in [4.78, 5) is 12.1. The van der Waals surface area contributed by atoms with Crippen LogP contribution in [0, 0.1) is 5.82 Å². The van der Waals surface area contributed by atoms with E-state index in [0.29, 0.717) is 16.4 Å². The zero-order valence-electron chi connectivity index (χ0n) is 13.1. The molecule has 3 nitrogen and oxygen atoms in total. The van der Waals surface area contributed by atoms with Crippen molar-refractivity contribution >= 4 is 34.2 Å². The van der Waals surface area contributed by atoms with Crippen LogP contribution in [0.4, 0.5) is 4.39 Å². The van der Waals surface area contributed by atoms with E-state index in [2.05, 4.69) is 0 Å². The van der Waals surface area contributed by atoms with Crippen LogP contribution in [-0.4, -0.2) is 0 Å².